The molecule has 0 bridgehead atoms. The fourth-order valence-corrected chi connectivity index (χ4v) is 5.80. The fraction of sp³-hybridized carbons (Fsp3) is 0.409. The number of ether oxygens (including phenoxy) is 1. The van der Waals surface area contributed by atoms with Gasteiger partial charge in [-0.15, -0.1) is 0 Å². The van der Waals surface area contributed by atoms with Crippen LogP contribution in [0.2, 0.25) is 10.0 Å². The lowest BCUT2D eigenvalue weighted by Crippen LogP contribution is -2.49. The van der Waals surface area contributed by atoms with Crippen molar-refractivity contribution in [2.75, 3.05) is 51.3 Å². The first-order chi connectivity index (χ1) is 15.2. The minimum absolute atomic E-state index is 0.140. The molecule has 32 heavy (non-hydrogen) atoms. The van der Waals surface area contributed by atoms with Crippen molar-refractivity contribution in [3.05, 3.63) is 52.0 Å². The highest BCUT2D eigenvalue weighted by molar-refractivity contribution is 7.89. The number of halogens is 2. The molecule has 0 spiro atoms. The third-order valence-electron chi connectivity index (χ3n) is 5.51. The highest BCUT2D eigenvalue weighted by Crippen LogP contribution is 2.33. The summed E-state index contributed by atoms with van der Waals surface area (Å²) in [7, 11) is -2.04. The number of piperazine rings is 1. The van der Waals surface area contributed by atoms with Crippen molar-refractivity contribution >= 4 is 44.8 Å². The van der Waals surface area contributed by atoms with Crippen LogP contribution in [0.25, 0.3) is 0 Å². The number of hydrogen-bond acceptors (Lipinski definition) is 5. The molecule has 1 aliphatic rings. The molecule has 1 fully saturated rings. The van der Waals surface area contributed by atoms with Crippen molar-refractivity contribution in [3.8, 4) is 5.75 Å². The molecule has 7 nitrogen and oxygen atoms in total. The van der Waals surface area contributed by atoms with Gasteiger partial charge in [-0.25, -0.2) is 8.42 Å². The van der Waals surface area contributed by atoms with Crippen molar-refractivity contribution in [1.29, 1.82) is 0 Å². The number of amides is 1. The highest BCUT2D eigenvalue weighted by Gasteiger charge is 2.27. The molecule has 10 heteroatoms. The molecule has 1 aliphatic heterocycles. The Bertz CT molecular complexity index is 1060. The lowest BCUT2D eigenvalue weighted by molar-refractivity contribution is 0.0746. The molecule has 174 valence electrons. The van der Waals surface area contributed by atoms with Crippen molar-refractivity contribution in [2.45, 2.75) is 18.7 Å². The van der Waals surface area contributed by atoms with Crippen molar-refractivity contribution in [2.24, 2.45) is 0 Å². The number of sulfonamides is 1. The predicted octanol–water partition coefficient (Wildman–Crippen LogP) is 3.99. The van der Waals surface area contributed by atoms with Gasteiger partial charge >= 0.3 is 0 Å². The molecule has 0 atom stereocenters. The first-order valence-corrected chi connectivity index (χ1v) is 12.6. The minimum Gasteiger partial charge on any atom is -0.495 e. The van der Waals surface area contributed by atoms with Crippen LogP contribution in [0.5, 0.6) is 5.75 Å². The molecule has 1 heterocycles. The summed E-state index contributed by atoms with van der Waals surface area (Å²) < 4.78 is 32.9. The van der Waals surface area contributed by atoms with Gasteiger partial charge in [0.15, 0.2) is 0 Å². The van der Waals surface area contributed by atoms with E-state index in [9.17, 15) is 13.2 Å². The molecule has 1 amide bonds. The van der Waals surface area contributed by atoms with Gasteiger partial charge in [0.2, 0.25) is 10.0 Å². The molecule has 0 N–H and O–H groups in total. The van der Waals surface area contributed by atoms with Crippen LogP contribution in [0.15, 0.2) is 41.3 Å². The van der Waals surface area contributed by atoms with Crippen molar-refractivity contribution in [1.82, 2.24) is 9.21 Å². The minimum atomic E-state index is -3.59. The lowest BCUT2D eigenvalue weighted by Gasteiger charge is -2.37. The molecular formula is C22H27Cl2N3O4S. The van der Waals surface area contributed by atoms with Crippen LogP contribution in [-0.4, -0.2) is 69.9 Å². The molecule has 0 saturated carbocycles. The first-order valence-electron chi connectivity index (χ1n) is 10.4. The van der Waals surface area contributed by atoms with Crippen LogP contribution >= 0.6 is 23.2 Å². The van der Waals surface area contributed by atoms with Gasteiger partial charge in [0.25, 0.3) is 5.91 Å². The van der Waals surface area contributed by atoms with Gasteiger partial charge in [0, 0.05) is 54.9 Å². The second-order valence-corrected chi connectivity index (χ2v) is 10.2. The third kappa shape index (κ3) is 5.14. The number of hydrogen-bond donors (Lipinski definition) is 0. The van der Waals surface area contributed by atoms with Crippen LogP contribution in [0.4, 0.5) is 5.69 Å². The van der Waals surface area contributed by atoms with Crippen LogP contribution in [0, 0.1) is 0 Å². The molecule has 0 aromatic heterocycles. The number of carbonyl (C=O) groups is 1. The monoisotopic (exact) mass is 499 g/mol. The highest BCUT2D eigenvalue weighted by atomic mass is 35.5. The quantitative estimate of drug-likeness (QED) is 0.575. The van der Waals surface area contributed by atoms with E-state index in [0.29, 0.717) is 66.3 Å². The van der Waals surface area contributed by atoms with E-state index in [1.165, 1.54) is 4.31 Å². The SMILES string of the molecule is CCN(CC)S(=O)(=O)c1ccc(OC)c(N2CCN(C(=O)c3cc(Cl)cc(Cl)c3)CC2)c1. The van der Waals surface area contributed by atoms with E-state index in [1.807, 2.05) is 18.7 Å². The molecule has 2 aromatic rings. The van der Waals surface area contributed by atoms with E-state index in [4.69, 9.17) is 27.9 Å². The van der Waals surface area contributed by atoms with Gasteiger partial charge in [-0.2, -0.15) is 4.31 Å². The van der Waals surface area contributed by atoms with Crippen LogP contribution in [0.1, 0.15) is 24.2 Å². The van der Waals surface area contributed by atoms with E-state index in [-0.39, 0.29) is 10.8 Å². The summed E-state index contributed by atoms with van der Waals surface area (Å²) >= 11 is 12.1. The van der Waals surface area contributed by atoms with E-state index < -0.39 is 10.0 Å². The maximum atomic E-state index is 13.0. The molecule has 0 aliphatic carbocycles. The zero-order valence-electron chi connectivity index (χ0n) is 18.3. The van der Waals surface area contributed by atoms with Crippen molar-refractivity contribution < 1.29 is 17.9 Å². The average Bonchev–Trinajstić information content (AvgIpc) is 2.78. The standard InChI is InChI=1S/C22H27Cl2N3O4S/c1-4-27(5-2)32(29,30)19-6-7-21(31-3)20(15-19)25-8-10-26(11-9-25)22(28)16-12-17(23)14-18(24)13-16/h6-7,12-15H,4-5,8-11H2,1-3H3. The number of methoxy groups -OCH3 is 1. The molecule has 3 rings (SSSR count). The summed E-state index contributed by atoms with van der Waals surface area (Å²) in [6, 6.07) is 9.69. The largest absolute Gasteiger partial charge is 0.495 e. The maximum Gasteiger partial charge on any atom is 0.254 e. The number of rotatable bonds is 7. The Morgan fingerprint density at radius 3 is 2.12 bits per heavy atom. The van der Waals surface area contributed by atoms with Gasteiger partial charge in [-0.3, -0.25) is 4.79 Å². The zero-order valence-corrected chi connectivity index (χ0v) is 20.7. The third-order valence-corrected chi connectivity index (χ3v) is 7.99. The van der Waals surface area contributed by atoms with Gasteiger partial charge in [-0.1, -0.05) is 37.0 Å². The second-order valence-electron chi connectivity index (χ2n) is 7.36. The average molecular weight is 500 g/mol. The first kappa shape index (κ1) is 24.6. The van der Waals surface area contributed by atoms with E-state index >= 15 is 0 Å². The summed E-state index contributed by atoms with van der Waals surface area (Å²) in [4.78, 5) is 16.9. The summed E-state index contributed by atoms with van der Waals surface area (Å²) in [5.74, 6) is 0.448. The molecule has 2 aromatic carbocycles. The topological polar surface area (TPSA) is 70.2 Å². The fourth-order valence-electron chi connectivity index (χ4n) is 3.80. The lowest BCUT2D eigenvalue weighted by atomic mass is 10.1. The predicted molar refractivity (Wildman–Crippen MR) is 128 cm³/mol. The van der Waals surface area contributed by atoms with Crippen molar-refractivity contribution in [3.63, 3.8) is 0 Å². The summed E-state index contributed by atoms with van der Waals surface area (Å²) in [6.07, 6.45) is 0. The summed E-state index contributed by atoms with van der Waals surface area (Å²) in [5, 5.41) is 0.825. The van der Waals surface area contributed by atoms with Crippen LogP contribution in [0.3, 0.4) is 0 Å². The summed E-state index contributed by atoms with van der Waals surface area (Å²) in [6.45, 7) is 6.43. The molecular weight excluding hydrogens is 473 g/mol. The van der Waals surface area contributed by atoms with Crippen LogP contribution in [-0.2, 0) is 10.0 Å². The van der Waals surface area contributed by atoms with Crippen LogP contribution < -0.4 is 9.64 Å². The summed E-state index contributed by atoms with van der Waals surface area (Å²) in [5.41, 5.74) is 1.14. The number of benzene rings is 2. The number of nitrogens with zero attached hydrogens (tertiary/aromatic N) is 3. The molecule has 0 radical (unpaired) electrons. The molecule has 1 saturated heterocycles. The molecule has 0 unspecified atom stereocenters. The van der Waals surface area contributed by atoms with Gasteiger partial charge in [0.1, 0.15) is 5.75 Å². The van der Waals surface area contributed by atoms with E-state index in [1.54, 1.807) is 48.4 Å². The Balaban J connectivity index is 1.80. The maximum absolute atomic E-state index is 13.0. The number of carbonyl (C=O) groups excluding carboxylic acids is 1. The Kier molecular flexibility index (Phi) is 7.92. The Hall–Kier alpha value is -2.00. The second kappa shape index (κ2) is 10.3. The Morgan fingerprint density at radius 2 is 1.59 bits per heavy atom. The van der Waals surface area contributed by atoms with E-state index in [2.05, 4.69) is 0 Å². The normalized spacial score (nSPS) is 14.7. The zero-order chi connectivity index (χ0) is 23.5. The smallest absolute Gasteiger partial charge is 0.254 e. The Labute approximate surface area is 199 Å². The van der Waals surface area contributed by atoms with E-state index in [0.717, 1.165) is 0 Å². The number of anilines is 1. The Morgan fingerprint density at radius 1 is 1.00 bits per heavy atom. The van der Waals surface area contributed by atoms with Gasteiger partial charge in [0.05, 0.1) is 17.7 Å². The van der Waals surface area contributed by atoms with Gasteiger partial charge in [-0.05, 0) is 36.4 Å². The van der Waals surface area contributed by atoms with Gasteiger partial charge < -0.3 is 14.5 Å².